The number of aromatic amines is 2. The summed E-state index contributed by atoms with van der Waals surface area (Å²) in [5, 5.41) is 5.44. The SMILES string of the molecule is CC[C@H](NC(=O)OC)C(=O)N1CC2(CC2)C[C@H]1c1ncc(-c2ccc(C#Cc3ccc4nc([C@@H]5C[C@H](C6CC6)CN5C(=O)[C@@H](NC(=O)OC)C(C)C)[nH]c4c3)cc2)[nH]1. The Bertz CT molecular complexity index is 2260. The number of benzene rings is 2. The van der Waals surface area contributed by atoms with E-state index in [0.29, 0.717) is 31.3 Å². The number of hydrogen-bond donors (Lipinski definition) is 4. The van der Waals surface area contributed by atoms with E-state index in [1.54, 1.807) is 0 Å². The minimum absolute atomic E-state index is 0.112. The van der Waals surface area contributed by atoms with E-state index < -0.39 is 24.3 Å². The van der Waals surface area contributed by atoms with E-state index in [1.165, 1.54) is 27.1 Å². The molecule has 2 saturated heterocycles. The number of fused-ring (bicyclic) bond motifs is 1. The number of nitrogens with zero attached hydrogens (tertiary/aromatic N) is 4. The van der Waals surface area contributed by atoms with E-state index in [9.17, 15) is 19.2 Å². The minimum Gasteiger partial charge on any atom is -0.453 e. The van der Waals surface area contributed by atoms with Gasteiger partial charge in [-0.2, -0.15) is 0 Å². The number of hydrogen-bond acceptors (Lipinski definition) is 8. The van der Waals surface area contributed by atoms with Crippen molar-refractivity contribution < 1.29 is 28.7 Å². The fraction of sp³-hybridized carbons (Fsp3) is 0.500. The highest BCUT2D eigenvalue weighted by Crippen LogP contribution is 2.58. The molecule has 2 saturated carbocycles. The standard InChI is InChI=1S/C44H52N8O6/c1-6-31(49-42(55)57-4)40(53)52-24-44(17-18-44)21-36(52)38-45-22-34(48-38)29-12-9-26(10-13-29)7-8-27-11-16-32-33(19-27)47-39(46-32)35-20-30(28-14-15-28)23-51(35)41(54)37(25(2)3)50-43(56)58-5/h9-13,16,19,22,25,28,30-31,35-37H,6,14-15,17-18,20-21,23-24H2,1-5H3,(H,45,48)(H,46,47)(H,49,55)(H,50,56)/t30-,31-,35-,36-,37-/m0/s1. The number of ether oxygens (including phenoxy) is 2. The van der Waals surface area contributed by atoms with Gasteiger partial charge in [0.15, 0.2) is 0 Å². The normalized spacial score (nSPS) is 21.7. The molecule has 5 atom stereocenters. The number of amides is 4. The Balaban J connectivity index is 0.957. The van der Waals surface area contributed by atoms with Crippen molar-refractivity contribution in [3.05, 3.63) is 71.4 Å². The molecule has 58 heavy (non-hydrogen) atoms. The van der Waals surface area contributed by atoms with Crippen LogP contribution in [0.1, 0.15) is 101 Å². The summed E-state index contributed by atoms with van der Waals surface area (Å²) in [6, 6.07) is 12.1. The molecule has 2 aliphatic carbocycles. The van der Waals surface area contributed by atoms with Crippen molar-refractivity contribution in [2.45, 2.75) is 89.9 Å². The molecule has 2 aromatic carbocycles. The fourth-order valence-electron chi connectivity index (χ4n) is 8.76. The van der Waals surface area contributed by atoms with Gasteiger partial charge in [0, 0.05) is 24.2 Å². The highest BCUT2D eigenvalue weighted by molar-refractivity contribution is 5.87. The van der Waals surface area contributed by atoms with Crippen molar-refractivity contribution in [1.82, 2.24) is 40.4 Å². The van der Waals surface area contributed by atoms with Gasteiger partial charge in [-0.05, 0) is 104 Å². The zero-order valence-corrected chi connectivity index (χ0v) is 33.8. The quantitative estimate of drug-likeness (QED) is 0.137. The van der Waals surface area contributed by atoms with Gasteiger partial charge in [0.05, 0.1) is 49.2 Å². The maximum Gasteiger partial charge on any atom is 0.407 e. The predicted molar refractivity (Wildman–Crippen MR) is 216 cm³/mol. The lowest BCUT2D eigenvalue weighted by Gasteiger charge is -2.30. The molecule has 4 N–H and O–H groups in total. The number of likely N-dealkylation sites (tertiary alicyclic amines) is 2. The third-order valence-corrected chi connectivity index (χ3v) is 12.5. The van der Waals surface area contributed by atoms with Gasteiger partial charge >= 0.3 is 12.2 Å². The van der Waals surface area contributed by atoms with Crippen molar-refractivity contribution in [3.63, 3.8) is 0 Å². The van der Waals surface area contributed by atoms with Gasteiger partial charge in [-0.1, -0.05) is 44.7 Å². The van der Waals surface area contributed by atoms with Crippen molar-refractivity contribution in [1.29, 1.82) is 0 Å². The molecule has 0 unspecified atom stereocenters. The highest BCUT2D eigenvalue weighted by Gasteiger charge is 2.55. The summed E-state index contributed by atoms with van der Waals surface area (Å²) in [4.78, 5) is 72.1. The van der Waals surface area contributed by atoms with Crippen molar-refractivity contribution >= 4 is 35.0 Å². The number of alkyl carbamates (subject to hydrolysis) is 2. The maximum atomic E-state index is 13.9. The lowest BCUT2D eigenvalue weighted by atomic mass is 10.0. The summed E-state index contributed by atoms with van der Waals surface area (Å²) in [7, 11) is 2.60. The van der Waals surface area contributed by atoms with E-state index in [1.807, 2.05) is 79.2 Å². The van der Waals surface area contributed by atoms with Crippen molar-refractivity contribution in [2.75, 3.05) is 27.3 Å². The Kier molecular flexibility index (Phi) is 10.6. The van der Waals surface area contributed by atoms with Gasteiger partial charge in [-0.3, -0.25) is 9.59 Å². The van der Waals surface area contributed by atoms with Crippen LogP contribution >= 0.6 is 0 Å². The van der Waals surface area contributed by atoms with Crippen molar-refractivity contribution in [3.8, 4) is 23.1 Å². The Labute approximate surface area is 338 Å². The summed E-state index contributed by atoms with van der Waals surface area (Å²) >= 11 is 0. The van der Waals surface area contributed by atoms with Gasteiger partial charge in [-0.15, -0.1) is 0 Å². The summed E-state index contributed by atoms with van der Waals surface area (Å²) in [5.74, 6) is 8.74. The zero-order chi connectivity index (χ0) is 40.7. The second-order valence-electron chi connectivity index (χ2n) is 16.8. The lowest BCUT2D eigenvalue weighted by Crippen LogP contribution is -2.51. The molecule has 4 heterocycles. The number of aromatic nitrogens is 4. The van der Waals surface area contributed by atoms with Crippen LogP contribution < -0.4 is 10.6 Å². The molecular weight excluding hydrogens is 737 g/mol. The second kappa shape index (κ2) is 15.8. The average Bonchev–Trinajstić information content (AvgIpc) is 3.95. The number of carbonyl (C=O) groups excluding carboxylic acids is 4. The summed E-state index contributed by atoms with van der Waals surface area (Å²) in [5.41, 5.74) is 5.27. The summed E-state index contributed by atoms with van der Waals surface area (Å²) in [6.07, 6.45) is 7.25. The topological polar surface area (TPSA) is 175 Å². The number of rotatable bonds is 10. The summed E-state index contributed by atoms with van der Waals surface area (Å²) < 4.78 is 9.58. The largest absolute Gasteiger partial charge is 0.453 e. The van der Waals surface area contributed by atoms with Gasteiger partial charge in [0.2, 0.25) is 11.8 Å². The number of methoxy groups -OCH3 is 2. The molecule has 4 aromatic rings. The number of nitrogens with one attached hydrogen (secondary N) is 4. The molecule has 304 valence electrons. The Hall–Kier alpha value is -5.84. The van der Waals surface area contributed by atoms with Crippen LogP contribution in [0, 0.1) is 35.0 Å². The van der Waals surface area contributed by atoms with Crippen LogP contribution in [0.2, 0.25) is 0 Å². The lowest BCUT2D eigenvalue weighted by molar-refractivity contribution is -0.136. The van der Waals surface area contributed by atoms with E-state index >= 15 is 0 Å². The van der Waals surface area contributed by atoms with E-state index in [-0.39, 0.29) is 35.2 Å². The fourth-order valence-corrected chi connectivity index (χ4v) is 8.76. The van der Waals surface area contributed by atoms with Crippen LogP contribution in [-0.2, 0) is 19.1 Å². The van der Waals surface area contributed by atoms with Crippen LogP contribution in [0.4, 0.5) is 9.59 Å². The first-order chi connectivity index (χ1) is 28.0. The smallest absolute Gasteiger partial charge is 0.407 e. The Morgan fingerprint density at radius 1 is 0.879 bits per heavy atom. The maximum absolute atomic E-state index is 13.9. The van der Waals surface area contributed by atoms with Crippen LogP contribution in [-0.4, -0.2) is 93.1 Å². The molecule has 4 aliphatic rings. The molecule has 2 aliphatic heterocycles. The van der Waals surface area contributed by atoms with E-state index in [4.69, 9.17) is 19.4 Å². The zero-order valence-electron chi connectivity index (χ0n) is 33.8. The van der Waals surface area contributed by atoms with Gasteiger partial charge < -0.3 is 39.9 Å². The van der Waals surface area contributed by atoms with Gasteiger partial charge in [0.1, 0.15) is 23.7 Å². The van der Waals surface area contributed by atoms with Crippen LogP contribution in [0.5, 0.6) is 0 Å². The average molecular weight is 789 g/mol. The van der Waals surface area contributed by atoms with Gasteiger partial charge in [-0.25, -0.2) is 19.6 Å². The number of carbonyl (C=O) groups is 4. The molecule has 1 spiro atoms. The summed E-state index contributed by atoms with van der Waals surface area (Å²) in [6.45, 7) is 7.02. The molecule has 0 radical (unpaired) electrons. The Morgan fingerprint density at radius 3 is 2.26 bits per heavy atom. The van der Waals surface area contributed by atoms with Crippen LogP contribution in [0.15, 0.2) is 48.7 Å². The van der Waals surface area contributed by atoms with Gasteiger partial charge in [0.25, 0.3) is 0 Å². The second-order valence-corrected chi connectivity index (χ2v) is 16.8. The first-order valence-corrected chi connectivity index (χ1v) is 20.4. The monoisotopic (exact) mass is 788 g/mol. The van der Waals surface area contributed by atoms with Crippen LogP contribution in [0.25, 0.3) is 22.3 Å². The molecule has 14 heteroatoms. The highest BCUT2D eigenvalue weighted by atomic mass is 16.5. The third-order valence-electron chi connectivity index (χ3n) is 12.5. The molecule has 8 rings (SSSR count). The van der Waals surface area contributed by atoms with E-state index in [2.05, 4.69) is 32.4 Å². The Morgan fingerprint density at radius 2 is 1.59 bits per heavy atom. The molecule has 4 amide bonds. The van der Waals surface area contributed by atoms with Crippen LogP contribution in [0.3, 0.4) is 0 Å². The molecule has 4 fully saturated rings. The predicted octanol–water partition coefficient (Wildman–Crippen LogP) is 6.22. The van der Waals surface area contributed by atoms with Crippen molar-refractivity contribution in [2.24, 2.45) is 23.2 Å². The van der Waals surface area contributed by atoms with E-state index in [0.717, 1.165) is 70.7 Å². The molecule has 0 bridgehead atoms. The third kappa shape index (κ3) is 7.99. The molecule has 14 nitrogen and oxygen atoms in total. The first kappa shape index (κ1) is 39.0. The minimum atomic E-state index is -0.696. The number of H-pyrrole nitrogens is 2. The number of imidazole rings is 2. The first-order valence-electron chi connectivity index (χ1n) is 20.4. The molecular formula is C44H52N8O6. The molecule has 2 aromatic heterocycles.